The Kier molecular flexibility index (Phi) is 8.83. The molecule has 5 N–H and O–H groups in total. The molecule has 3 aliphatic rings. The summed E-state index contributed by atoms with van der Waals surface area (Å²) in [4.78, 5) is 25.7. The summed E-state index contributed by atoms with van der Waals surface area (Å²) in [5.74, 6) is 1.72. The minimum Gasteiger partial charge on any atom is -0.412 e. The van der Waals surface area contributed by atoms with Crippen molar-refractivity contribution in [2.45, 2.75) is 11.3 Å². The molecule has 1 aromatic carbocycles. The standard InChI is InChI=1S/C26H33N9O3S.H2O/c27-25-28-17-19(18-29-25)23-22-4-5-35(24(22)31-26(30-23)33-11-14-38-15-12-33)20-2-1-3-21(16-20)39(37)34-8-6-32(7-9-34)10-13-36;/h1-3,16-18,36H,4-15H2,(H2,27,28,29);1H2. The number of benzene rings is 1. The van der Waals surface area contributed by atoms with Crippen LogP contribution in [0, 0.1) is 0 Å². The van der Waals surface area contributed by atoms with Gasteiger partial charge in [-0.25, -0.2) is 23.5 Å². The predicted molar refractivity (Wildman–Crippen MR) is 153 cm³/mol. The van der Waals surface area contributed by atoms with E-state index in [1.165, 1.54) is 0 Å². The van der Waals surface area contributed by atoms with E-state index in [1.807, 2.05) is 28.6 Å². The van der Waals surface area contributed by atoms with Gasteiger partial charge in [-0.05, 0) is 24.6 Å². The van der Waals surface area contributed by atoms with E-state index < -0.39 is 11.0 Å². The number of nitrogens with zero attached hydrogens (tertiary/aromatic N) is 8. The molecule has 2 saturated heterocycles. The van der Waals surface area contributed by atoms with Crippen LogP contribution in [0.1, 0.15) is 5.56 Å². The van der Waals surface area contributed by atoms with Gasteiger partial charge in [0.2, 0.25) is 11.9 Å². The Bertz CT molecular complexity index is 1330. The molecule has 14 heteroatoms. The van der Waals surface area contributed by atoms with Crippen molar-refractivity contribution in [2.75, 3.05) is 87.7 Å². The molecule has 3 aliphatic heterocycles. The number of fused-ring (bicyclic) bond motifs is 1. The van der Waals surface area contributed by atoms with Crippen LogP contribution in [0.15, 0.2) is 41.6 Å². The summed E-state index contributed by atoms with van der Waals surface area (Å²) >= 11 is 0. The highest BCUT2D eigenvalue weighted by atomic mass is 32.2. The minimum absolute atomic E-state index is 0. The van der Waals surface area contributed by atoms with E-state index in [2.05, 4.69) is 24.7 Å². The number of aliphatic hydroxyl groups is 1. The number of hydrogen-bond acceptors (Lipinski definition) is 11. The molecule has 0 saturated carbocycles. The van der Waals surface area contributed by atoms with Gasteiger partial charge in [0.15, 0.2) is 0 Å². The van der Waals surface area contributed by atoms with Gasteiger partial charge in [-0.1, -0.05) is 6.07 Å². The number of piperazine rings is 1. The fourth-order valence-corrected chi connectivity index (χ4v) is 6.48. The monoisotopic (exact) mass is 569 g/mol. The quantitative estimate of drug-likeness (QED) is 0.388. The van der Waals surface area contributed by atoms with Crippen molar-refractivity contribution in [3.63, 3.8) is 0 Å². The zero-order valence-electron chi connectivity index (χ0n) is 22.3. The van der Waals surface area contributed by atoms with Gasteiger partial charge in [0, 0.05) is 81.6 Å². The van der Waals surface area contributed by atoms with Gasteiger partial charge in [-0.15, -0.1) is 0 Å². The summed E-state index contributed by atoms with van der Waals surface area (Å²) in [7, 11) is -1.27. The highest BCUT2D eigenvalue weighted by Crippen LogP contribution is 2.39. The highest BCUT2D eigenvalue weighted by Gasteiger charge is 2.30. The normalized spacial score (nSPS) is 18.8. The van der Waals surface area contributed by atoms with Crippen molar-refractivity contribution in [3.8, 4) is 11.3 Å². The maximum atomic E-state index is 13.5. The fraction of sp³-hybridized carbons (Fsp3) is 0.462. The van der Waals surface area contributed by atoms with E-state index in [0.29, 0.717) is 38.8 Å². The Hall–Kier alpha value is -3.27. The van der Waals surface area contributed by atoms with Gasteiger partial charge in [-0.3, -0.25) is 4.90 Å². The van der Waals surface area contributed by atoms with Crippen LogP contribution >= 0.6 is 0 Å². The van der Waals surface area contributed by atoms with Gasteiger partial charge >= 0.3 is 0 Å². The highest BCUT2D eigenvalue weighted by molar-refractivity contribution is 7.82. The maximum Gasteiger partial charge on any atom is 0.228 e. The van der Waals surface area contributed by atoms with Crippen LogP contribution in [0.4, 0.5) is 23.4 Å². The lowest BCUT2D eigenvalue weighted by Gasteiger charge is -2.33. The SMILES string of the molecule is Nc1ncc(-c2nc(N3CCOCC3)nc3c2CCN3c2cccc(S(=O)N3CCN(CCO)CC3)c2)cn1.O. The number of aliphatic hydroxyl groups excluding tert-OH is 1. The number of rotatable bonds is 7. The van der Waals surface area contributed by atoms with Crippen LogP contribution in [0.3, 0.4) is 0 Å². The third kappa shape index (κ3) is 5.77. The van der Waals surface area contributed by atoms with E-state index in [1.54, 1.807) is 12.4 Å². The molecule has 1 unspecified atom stereocenters. The average molecular weight is 570 g/mol. The third-order valence-electron chi connectivity index (χ3n) is 7.37. The first-order valence-electron chi connectivity index (χ1n) is 13.3. The maximum absolute atomic E-state index is 13.5. The van der Waals surface area contributed by atoms with Crippen molar-refractivity contribution in [2.24, 2.45) is 0 Å². The number of hydrogen-bond donors (Lipinski definition) is 2. The molecule has 2 fully saturated rings. The molecule has 1 atom stereocenters. The third-order valence-corrected chi connectivity index (χ3v) is 8.86. The zero-order chi connectivity index (χ0) is 26.8. The minimum atomic E-state index is -1.27. The lowest BCUT2D eigenvalue weighted by Crippen LogP contribution is -2.47. The molecule has 214 valence electrons. The van der Waals surface area contributed by atoms with Gasteiger partial charge < -0.3 is 30.9 Å². The van der Waals surface area contributed by atoms with Gasteiger partial charge in [0.25, 0.3) is 0 Å². The Balaban J connectivity index is 0.00000323. The number of nitrogen functional groups attached to an aromatic ring is 1. The summed E-state index contributed by atoms with van der Waals surface area (Å²) < 4.78 is 21.0. The average Bonchev–Trinajstić information content (AvgIpc) is 3.42. The summed E-state index contributed by atoms with van der Waals surface area (Å²) in [6.45, 7) is 7.23. The molecule has 2 aromatic heterocycles. The molecular weight excluding hydrogens is 534 g/mol. The van der Waals surface area contributed by atoms with Crippen molar-refractivity contribution >= 4 is 34.4 Å². The number of aromatic nitrogens is 4. The first-order valence-corrected chi connectivity index (χ1v) is 14.4. The number of nitrogens with two attached hydrogens (primary N) is 1. The largest absolute Gasteiger partial charge is 0.412 e. The van der Waals surface area contributed by atoms with Crippen LogP contribution in [0.25, 0.3) is 11.3 Å². The van der Waals surface area contributed by atoms with Crippen LogP contribution in [0.2, 0.25) is 0 Å². The predicted octanol–water partition coefficient (Wildman–Crippen LogP) is -0.146. The molecule has 0 radical (unpaired) electrons. The summed E-state index contributed by atoms with van der Waals surface area (Å²) in [5.41, 5.74) is 9.34. The lowest BCUT2D eigenvalue weighted by molar-refractivity contribution is 0.122. The van der Waals surface area contributed by atoms with Crippen LogP contribution in [-0.4, -0.2) is 116 Å². The molecule has 40 heavy (non-hydrogen) atoms. The van der Waals surface area contributed by atoms with Crippen molar-refractivity contribution in [3.05, 3.63) is 42.2 Å². The second-order valence-corrected chi connectivity index (χ2v) is 11.2. The molecule has 6 rings (SSSR count). The Morgan fingerprint density at radius 3 is 2.48 bits per heavy atom. The van der Waals surface area contributed by atoms with E-state index in [0.717, 1.165) is 72.4 Å². The molecule has 5 heterocycles. The van der Waals surface area contributed by atoms with E-state index in [4.69, 9.17) is 20.4 Å². The second-order valence-electron chi connectivity index (χ2n) is 9.75. The Labute approximate surface area is 235 Å². The molecule has 0 bridgehead atoms. The van der Waals surface area contributed by atoms with Crippen LogP contribution in [0.5, 0.6) is 0 Å². The van der Waals surface area contributed by atoms with Crippen LogP contribution in [-0.2, 0) is 22.1 Å². The molecule has 0 amide bonds. The van der Waals surface area contributed by atoms with Gasteiger partial charge in [0.05, 0.1) is 30.4 Å². The van der Waals surface area contributed by atoms with Gasteiger partial charge in [0.1, 0.15) is 16.8 Å². The van der Waals surface area contributed by atoms with E-state index in [9.17, 15) is 9.32 Å². The molecule has 3 aromatic rings. The summed E-state index contributed by atoms with van der Waals surface area (Å²) in [5, 5.41) is 9.21. The number of ether oxygens (including phenoxy) is 1. The van der Waals surface area contributed by atoms with Crippen molar-refractivity contribution < 1.29 is 19.5 Å². The number of morpholine rings is 1. The molecule has 13 nitrogen and oxygen atoms in total. The van der Waals surface area contributed by atoms with Crippen LogP contribution < -0.4 is 15.5 Å². The smallest absolute Gasteiger partial charge is 0.228 e. The molecular formula is C26H35N9O4S. The van der Waals surface area contributed by atoms with Crippen molar-refractivity contribution in [1.29, 1.82) is 0 Å². The number of β-amino-alcohol motifs (C(OH)–C–C–N with tert-alkyl or cyclic N) is 1. The van der Waals surface area contributed by atoms with E-state index >= 15 is 0 Å². The Morgan fingerprint density at radius 1 is 1.00 bits per heavy atom. The second kappa shape index (κ2) is 12.5. The fourth-order valence-electron chi connectivity index (χ4n) is 5.27. The first kappa shape index (κ1) is 28.3. The lowest BCUT2D eigenvalue weighted by atomic mass is 10.1. The first-order chi connectivity index (χ1) is 19.1. The summed E-state index contributed by atoms with van der Waals surface area (Å²) in [6.07, 6.45) is 4.18. The molecule has 0 aliphatic carbocycles. The Morgan fingerprint density at radius 2 is 1.75 bits per heavy atom. The molecule has 0 spiro atoms. The van der Waals surface area contributed by atoms with Crippen molar-refractivity contribution in [1.82, 2.24) is 29.1 Å². The van der Waals surface area contributed by atoms with E-state index in [-0.39, 0.29) is 18.0 Å². The van der Waals surface area contributed by atoms with Gasteiger partial charge in [-0.2, -0.15) is 4.98 Å². The zero-order valence-corrected chi connectivity index (χ0v) is 23.1. The topological polar surface area (TPSA) is 169 Å². The number of anilines is 4. The summed E-state index contributed by atoms with van der Waals surface area (Å²) in [6, 6.07) is 7.93.